The second kappa shape index (κ2) is 8.34. The Morgan fingerprint density at radius 3 is 2.56 bits per heavy atom. The Balaban J connectivity index is 1.40. The third kappa shape index (κ3) is 3.34. The molecule has 0 aromatic heterocycles. The number of fused-ring (bicyclic) bond motifs is 4. The molecule has 3 aromatic rings. The van der Waals surface area contributed by atoms with Gasteiger partial charge in [-0.1, -0.05) is 60.2 Å². The largest absolute Gasteiger partial charge is 0.347 e. The van der Waals surface area contributed by atoms with Crippen LogP contribution in [-0.2, 0) is 10.8 Å². The third-order valence-corrected chi connectivity index (χ3v) is 8.91. The van der Waals surface area contributed by atoms with Crippen molar-refractivity contribution in [2.24, 2.45) is 0 Å². The van der Waals surface area contributed by atoms with E-state index in [9.17, 15) is 0 Å². The molecule has 1 aliphatic carbocycles. The third-order valence-electron chi connectivity index (χ3n) is 8.91. The van der Waals surface area contributed by atoms with Crippen LogP contribution in [0, 0.1) is 0 Å². The highest BCUT2D eigenvalue weighted by atomic mass is 15.2. The first-order chi connectivity index (χ1) is 17.3. The zero-order valence-corrected chi connectivity index (χ0v) is 22.3. The lowest BCUT2D eigenvalue weighted by Gasteiger charge is -2.29. The highest BCUT2D eigenvalue weighted by molar-refractivity contribution is 6.07. The number of anilines is 1. The Bertz CT molecular complexity index is 1500. The van der Waals surface area contributed by atoms with Crippen LogP contribution in [0.15, 0.2) is 96.2 Å². The minimum Gasteiger partial charge on any atom is -0.347 e. The lowest BCUT2D eigenvalue weighted by Crippen LogP contribution is -2.27. The van der Waals surface area contributed by atoms with Crippen LogP contribution in [0.3, 0.4) is 0 Å². The van der Waals surface area contributed by atoms with Gasteiger partial charge in [-0.05, 0) is 81.0 Å². The number of hydrogen-bond donors (Lipinski definition) is 0. The van der Waals surface area contributed by atoms with Crippen molar-refractivity contribution in [1.82, 2.24) is 0 Å². The molecule has 182 valence electrons. The van der Waals surface area contributed by atoms with Gasteiger partial charge in [-0.25, -0.2) is 0 Å². The van der Waals surface area contributed by atoms with E-state index >= 15 is 0 Å². The van der Waals surface area contributed by atoms with Gasteiger partial charge in [0, 0.05) is 41.6 Å². The molecule has 0 saturated carbocycles. The van der Waals surface area contributed by atoms with E-state index in [0.29, 0.717) is 0 Å². The molecule has 2 aliphatic heterocycles. The molecule has 0 spiro atoms. The fourth-order valence-corrected chi connectivity index (χ4v) is 7.13. The van der Waals surface area contributed by atoms with Gasteiger partial charge in [0.15, 0.2) is 5.71 Å². The normalized spacial score (nSPS) is 23.8. The topological polar surface area (TPSA) is 6.25 Å². The number of rotatable bonds is 4. The molecular weight excluding hydrogens is 436 g/mol. The van der Waals surface area contributed by atoms with Crippen molar-refractivity contribution in [3.05, 3.63) is 107 Å². The smallest absolute Gasteiger partial charge is 0.210 e. The van der Waals surface area contributed by atoms with Crippen molar-refractivity contribution in [3.8, 4) is 0 Å². The van der Waals surface area contributed by atoms with E-state index in [-0.39, 0.29) is 10.8 Å². The number of para-hydroxylation sites is 1. The van der Waals surface area contributed by atoms with Gasteiger partial charge in [-0.15, -0.1) is 0 Å². The summed E-state index contributed by atoms with van der Waals surface area (Å²) in [6.45, 7) is 7.17. The summed E-state index contributed by atoms with van der Waals surface area (Å²) >= 11 is 0. The maximum absolute atomic E-state index is 2.48. The van der Waals surface area contributed by atoms with Crippen LogP contribution in [0.1, 0.15) is 57.6 Å². The quantitative estimate of drug-likeness (QED) is 0.273. The number of likely N-dealkylation sites (N-methyl/N-ethyl adjacent to an activating group) is 1. The van der Waals surface area contributed by atoms with Gasteiger partial charge >= 0.3 is 0 Å². The fourth-order valence-electron chi connectivity index (χ4n) is 7.13. The van der Waals surface area contributed by atoms with E-state index in [2.05, 4.69) is 129 Å². The fraction of sp³-hybridized carbons (Fsp3) is 0.324. The Labute approximate surface area is 216 Å². The van der Waals surface area contributed by atoms with E-state index in [1.165, 1.54) is 63.9 Å². The van der Waals surface area contributed by atoms with E-state index in [1.54, 1.807) is 5.57 Å². The predicted molar refractivity (Wildman–Crippen MR) is 154 cm³/mol. The van der Waals surface area contributed by atoms with Gasteiger partial charge in [0.2, 0.25) is 5.69 Å². The molecule has 3 aliphatic rings. The first kappa shape index (κ1) is 23.0. The molecule has 2 heterocycles. The second-order valence-corrected chi connectivity index (χ2v) is 11.5. The number of hydrogen-bond acceptors (Lipinski definition) is 1. The van der Waals surface area contributed by atoms with Crippen molar-refractivity contribution in [2.45, 2.75) is 57.3 Å². The summed E-state index contributed by atoms with van der Waals surface area (Å²) in [4.78, 5) is 2.41. The van der Waals surface area contributed by atoms with E-state index in [4.69, 9.17) is 0 Å². The zero-order chi connectivity index (χ0) is 25.1. The van der Waals surface area contributed by atoms with Crippen molar-refractivity contribution < 1.29 is 4.58 Å². The molecule has 2 nitrogen and oxygen atoms in total. The Kier molecular flexibility index (Phi) is 5.33. The minimum absolute atomic E-state index is 0.00716. The average Bonchev–Trinajstić information content (AvgIpc) is 3.51. The van der Waals surface area contributed by atoms with E-state index in [0.717, 1.165) is 6.42 Å². The number of nitrogens with zero attached hydrogens (tertiary/aromatic N) is 2. The van der Waals surface area contributed by atoms with Crippen LogP contribution in [-0.4, -0.2) is 24.4 Å². The first-order valence-corrected chi connectivity index (χ1v) is 13.4. The van der Waals surface area contributed by atoms with Crippen molar-refractivity contribution >= 4 is 27.9 Å². The molecule has 2 heteroatoms. The van der Waals surface area contributed by atoms with Gasteiger partial charge in [0.05, 0.1) is 5.41 Å². The summed E-state index contributed by atoms with van der Waals surface area (Å²) in [6.07, 6.45) is 14.4. The molecular formula is C34H37N2+. The number of allylic oxidation sites excluding steroid dienone is 6. The van der Waals surface area contributed by atoms with E-state index < -0.39 is 0 Å². The van der Waals surface area contributed by atoms with Gasteiger partial charge in [-0.3, -0.25) is 0 Å². The Morgan fingerprint density at radius 2 is 1.75 bits per heavy atom. The van der Waals surface area contributed by atoms with Gasteiger partial charge < -0.3 is 4.90 Å². The summed E-state index contributed by atoms with van der Waals surface area (Å²) in [5.74, 6) is 0. The molecule has 0 bridgehead atoms. The summed E-state index contributed by atoms with van der Waals surface area (Å²) in [6, 6.07) is 22.3. The monoisotopic (exact) mass is 473 g/mol. The second-order valence-electron chi connectivity index (χ2n) is 11.5. The lowest BCUT2D eigenvalue weighted by molar-refractivity contribution is -0.401. The van der Waals surface area contributed by atoms with Crippen molar-refractivity contribution in [1.29, 1.82) is 0 Å². The molecule has 3 aromatic carbocycles. The van der Waals surface area contributed by atoms with Gasteiger partial charge in [0.25, 0.3) is 0 Å². The lowest BCUT2D eigenvalue weighted by atomic mass is 9.76. The first-order valence-electron chi connectivity index (χ1n) is 13.4. The molecule has 1 atom stereocenters. The molecule has 0 radical (unpaired) electrons. The molecule has 0 amide bonds. The summed E-state index contributed by atoms with van der Waals surface area (Å²) in [5.41, 5.74) is 9.79. The van der Waals surface area contributed by atoms with E-state index in [1.807, 2.05) is 0 Å². The average molecular weight is 474 g/mol. The number of benzene rings is 3. The highest BCUT2D eigenvalue weighted by Crippen LogP contribution is 2.51. The van der Waals surface area contributed by atoms with Crippen molar-refractivity contribution in [3.63, 3.8) is 0 Å². The van der Waals surface area contributed by atoms with Crippen LogP contribution < -0.4 is 4.90 Å². The predicted octanol–water partition coefficient (Wildman–Crippen LogP) is 8.19. The Hall–Kier alpha value is -3.39. The molecule has 0 N–H and O–H groups in total. The summed E-state index contributed by atoms with van der Waals surface area (Å²) in [7, 11) is 4.44. The molecule has 36 heavy (non-hydrogen) atoms. The van der Waals surface area contributed by atoms with Crippen molar-refractivity contribution in [2.75, 3.05) is 19.0 Å². The molecule has 1 unspecified atom stereocenters. The standard InChI is InChI=1S/C34H37N2/c1-33(2)30(36(5)29-22-21-25-15-8-9-16-26(25)32(29)33)19-12-20-31-34(3,23-24-13-6-7-14-24)27-17-10-11-18-28(27)35(31)4/h8-13,15-22H,6-7,14,23H2,1-5H3/q+1. The zero-order valence-electron chi connectivity index (χ0n) is 22.3. The maximum Gasteiger partial charge on any atom is 0.210 e. The molecule has 0 saturated heterocycles. The van der Waals surface area contributed by atoms with Crippen LogP contribution in [0.4, 0.5) is 11.4 Å². The van der Waals surface area contributed by atoms with Gasteiger partial charge in [-0.2, -0.15) is 4.58 Å². The summed E-state index contributed by atoms with van der Waals surface area (Å²) in [5, 5.41) is 2.67. The highest BCUT2D eigenvalue weighted by Gasteiger charge is 2.45. The van der Waals surface area contributed by atoms with Crippen LogP contribution in [0.5, 0.6) is 0 Å². The van der Waals surface area contributed by atoms with Crippen LogP contribution >= 0.6 is 0 Å². The van der Waals surface area contributed by atoms with Crippen LogP contribution in [0.2, 0.25) is 0 Å². The SMILES string of the molecule is CN1/C(=C/C=C/C2=[N+](C)c3ccc4ccccc4c3C2(C)C)C(C)(CC2=CCCC2)c2ccccc21. The molecule has 6 rings (SSSR count). The molecule has 0 fully saturated rings. The minimum atomic E-state index is -0.0670. The Morgan fingerprint density at radius 1 is 0.972 bits per heavy atom. The maximum atomic E-state index is 2.48. The summed E-state index contributed by atoms with van der Waals surface area (Å²) < 4.78 is 2.38. The van der Waals surface area contributed by atoms with Gasteiger partial charge in [0.1, 0.15) is 7.05 Å². The van der Waals surface area contributed by atoms with Crippen LogP contribution in [0.25, 0.3) is 10.8 Å².